The maximum atomic E-state index is 10.5. The molecule has 0 spiro atoms. The summed E-state index contributed by atoms with van der Waals surface area (Å²) in [7, 11) is 4.63. The minimum Gasteiger partial charge on any atom is -0.504 e. The summed E-state index contributed by atoms with van der Waals surface area (Å²) in [5.74, 6) is 1.76. The van der Waals surface area contributed by atoms with Crippen LogP contribution in [-0.2, 0) is 0 Å². The minimum atomic E-state index is -0.748. The SMILES string of the molecule is COc1ccccc1N1CCN(C(Oc2cc(C)c(O)c(OC)c2OC)C(C)O)CC1. The molecule has 1 aliphatic heterocycles. The van der Waals surface area contributed by atoms with Crippen molar-refractivity contribution in [3.05, 3.63) is 35.9 Å². The summed E-state index contributed by atoms with van der Waals surface area (Å²) < 4.78 is 22.5. The lowest BCUT2D eigenvalue weighted by molar-refractivity contribution is -0.0612. The van der Waals surface area contributed by atoms with Crippen molar-refractivity contribution in [1.82, 2.24) is 4.90 Å². The van der Waals surface area contributed by atoms with Gasteiger partial charge in [-0.3, -0.25) is 4.90 Å². The first-order valence-corrected chi connectivity index (χ1v) is 10.3. The zero-order valence-electron chi connectivity index (χ0n) is 18.8. The topological polar surface area (TPSA) is 83.9 Å². The lowest BCUT2D eigenvalue weighted by Crippen LogP contribution is -2.55. The summed E-state index contributed by atoms with van der Waals surface area (Å²) >= 11 is 0. The molecular weight excluding hydrogens is 400 g/mol. The Morgan fingerprint density at radius 2 is 1.55 bits per heavy atom. The molecule has 0 bridgehead atoms. The molecule has 2 N–H and O–H groups in total. The lowest BCUT2D eigenvalue weighted by atomic mass is 10.1. The number of hydrogen-bond acceptors (Lipinski definition) is 8. The smallest absolute Gasteiger partial charge is 0.207 e. The number of rotatable bonds is 8. The zero-order valence-corrected chi connectivity index (χ0v) is 18.8. The van der Waals surface area contributed by atoms with Crippen molar-refractivity contribution in [2.75, 3.05) is 52.4 Å². The van der Waals surface area contributed by atoms with E-state index in [0.717, 1.165) is 24.5 Å². The number of anilines is 1. The van der Waals surface area contributed by atoms with Gasteiger partial charge in [0.1, 0.15) is 11.9 Å². The molecular formula is C23H32N2O6. The predicted octanol–water partition coefficient (Wildman–Crippen LogP) is 2.63. The fourth-order valence-corrected chi connectivity index (χ4v) is 3.92. The van der Waals surface area contributed by atoms with Gasteiger partial charge in [-0.25, -0.2) is 0 Å². The summed E-state index contributed by atoms with van der Waals surface area (Å²) in [6.45, 7) is 6.39. The van der Waals surface area contributed by atoms with Crippen LogP contribution >= 0.6 is 0 Å². The van der Waals surface area contributed by atoms with Crippen LogP contribution in [0.25, 0.3) is 0 Å². The molecule has 0 saturated carbocycles. The molecule has 0 aromatic heterocycles. The number of hydrogen-bond donors (Lipinski definition) is 2. The third-order valence-electron chi connectivity index (χ3n) is 5.53. The number of methoxy groups -OCH3 is 3. The van der Waals surface area contributed by atoms with Crippen molar-refractivity contribution in [2.45, 2.75) is 26.2 Å². The van der Waals surface area contributed by atoms with Crippen LogP contribution in [0.2, 0.25) is 0 Å². The Kier molecular flexibility index (Phi) is 7.35. The van der Waals surface area contributed by atoms with E-state index in [9.17, 15) is 10.2 Å². The Balaban J connectivity index is 1.78. The van der Waals surface area contributed by atoms with E-state index in [2.05, 4.69) is 9.80 Å². The molecule has 1 fully saturated rings. The molecule has 0 radical (unpaired) electrons. The van der Waals surface area contributed by atoms with Gasteiger partial charge in [0, 0.05) is 26.2 Å². The van der Waals surface area contributed by atoms with Crippen LogP contribution in [0, 0.1) is 6.92 Å². The molecule has 31 heavy (non-hydrogen) atoms. The van der Waals surface area contributed by atoms with Gasteiger partial charge in [-0.1, -0.05) is 12.1 Å². The van der Waals surface area contributed by atoms with E-state index in [-0.39, 0.29) is 11.5 Å². The van der Waals surface area contributed by atoms with Crippen molar-refractivity contribution in [1.29, 1.82) is 0 Å². The van der Waals surface area contributed by atoms with Gasteiger partial charge in [-0.05, 0) is 37.6 Å². The van der Waals surface area contributed by atoms with E-state index in [1.54, 1.807) is 27.0 Å². The Labute approximate surface area is 183 Å². The second-order valence-corrected chi connectivity index (χ2v) is 7.55. The summed E-state index contributed by atoms with van der Waals surface area (Å²) in [6.07, 6.45) is -1.33. The van der Waals surface area contributed by atoms with Crippen LogP contribution in [0.1, 0.15) is 12.5 Å². The number of aryl methyl sites for hydroxylation is 1. The average molecular weight is 433 g/mol. The molecule has 170 valence electrons. The number of aliphatic hydroxyl groups is 1. The lowest BCUT2D eigenvalue weighted by Gasteiger charge is -2.41. The number of piperazine rings is 1. The van der Waals surface area contributed by atoms with Crippen molar-refractivity contribution in [3.8, 4) is 28.7 Å². The van der Waals surface area contributed by atoms with Crippen LogP contribution in [0.15, 0.2) is 30.3 Å². The average Bonchev–Trinajstić information content (AvgIpc) is 2.79. The maximum absolute atomic E-state index is 10.5. The van der Waals surface area contributed by atoms with Gasteiger partial charge in [0.2, 0.25) is 11.5 Å². The number of phenolic OH excluding ortho intramolecular Hbond substituents is 1. The molecule has 1 saturated heterocycles. The van der Waals surface area contributed by atoms with E-state index in [1.807, 2.05) is 24.3 Å². The fraction of sp³-hybridized carbons (Fsp3) is 0.478. The van der Waals surface area contributed by atoms with Crippen LogP contribution in [0.4, 0.5) is 5.69 Å². The molecule has 2 aromatic carbocycles. The molecule has 2 unspecified atom stereocenters. The Morgan fingerprint density at radius 3 is 2.13 bits per heavy atom. The fourth-order valence-electron chi connectivity index (χ4n) is 3.92. The summed E-state index contributed by atoms with van der Waals surface area (Å²) in [4.78, 5) is 4.37. The molecule has 3 rings (SSSR count). The summed E-state index contributed by atoms with van der Waals surface area (Å²) in [6, 6.07) is 9.65. The van der Waals surface area contributed by atoms with Gasteiger partial charge in [-0.2, -0.15) is 0 Å². The van der Waals surface area contributed by atoms with Crippen molar-refractivity contribution >= 4 is 5.69 Å². The quantitative estimate of drug-likeness (QED) is 0.659. The summed E-state index contributed by atoms with van der Waals surface area (Å²) in [5.41, 5.74) is 1.65. The Hall–Kier alpha value is -2.84. The molecule has 8 heteroatoms. The van der Waals surface area contributed by atoms with E-state index in [1.165, 1.54) is 14.2 Å². The second kappa shape index (κ2) is 9.98. The highest BCUT2D eigenvalue weighted by atomic mass is 16.6. The molecule has 1 aliphatic rings. The Morgan fingerprint density at radius 1 is 0.903 bits per heavy atom. The number of nitrogens with zero attached hydrogens (tertiary/aromatic N) is 2. The van der Waals surface area contributed by atoms with Crippen LogP contribution in [0.3, 0.4) is 0 Å². The van der Waals surface area contributed by atoms with Gasteiger partial charge >= 0.3 is 0 Å². The van der Waals surface area contributed by atoms with Crippen molar-refractivity contribution in [2.24, 2.45) is 0 Å². The zero-order chi connectivity index (χ0) is 22.5. The van der Waals surface area contributed by atoms with Gasteiger partial charge < -0.3 is 34.1 Å². The van der Waals surface area contributed by atoms with E-state index in [0.29, 0.717) is 30.2 Å². The molecule has 2 atom stereocenters. The maximum Gasteiger partial charge on any atom is 0.207 e. The first-order chi connectivity index (χ1) is 14.9. The molecule has 1 heterocycles. The minimum absolute atomic E-state index is 0.00530. The van der Waals surface area contributed by atoms with Crippen LogP contribution in [-0.4, -0.2) is 75.0 Å². The summed E-state index contributed by atoms with van der Waals surface area (Å²) in [5, 5.41) is 20.8. The first-order valence-electron chi connectivity index (χ1n) is 10.3. The Bertz CT molecular complexity index is 881. The molecule has 8 nitrogen and oxygen atoms in total. The van der Waals surface area contributed by atoms with Gasteiger partial charge in [-0.15, -0.1) is 0 Å². The van der Waals surface area contributed by atoms with Gasteiger partial charge in [0.25, 0.3) is 0 Å². The highest BCUT2D eigenvalue weighted by Gasteiger charge is 2.31. The predicted molar refractivity (Wildman–Crippen MR) is 119 cm³/mol. The third kappa shape index (κ3) is 4.75. The molecule has 0 amide bonds. The number of aromatic hydroxyl groups is 1. The number of benzene rings is 2. The van der Waals surface area contributed by atoms with E-state index >= 15 is 0 Å². The van der Waals surface area contributed by atoms with Gasteiger partial charge in [0.15, 0.2) is 17.7 Å². The van der Waals surface area contributed by atoms with Crippen molar-refractivity contribution < 1.29 is 29.2 Å². The monoisotopic (exact) mass is 432 g/mol. The first kappa shape index (κ1) is 22.8. The molecule has 2 aromatic rings. The number of phenols is 1. The van der Waals surface area contributed by atoms with Crippen molar-refractivity contribution in [3.63, 3.8) is 0 Å². The number of ether oxygens (including phenoxy) is 4. The highest BCUT2D eigenvalue weighted by Crippen LogP contribution is 2.46. The number of aliphatic hydroxyl groups excluding tert-OH is 1. The molecule has 0 aliphatic carbocycles. The van der Waals surface area contributed by atoms with Gasteiger partial charge in [0.05, 0.1) is 27.0 Å². The number of para-hydroxylation sites is 2. The third-order valence-corrected chi connectivity index (χ3v) is 5.53. The van der Waals surface area contributed by atoms with Crippen LogP contribution in [0.5, 0.6) is 28.7 Å². The highest BCUT2D eigenvalue weighted by molar-refractivity contribution is 5.62. The normalized spacial score (nSPS) is 16.5. The second-order valence-electron chi connectivity index (χ2n) is 7.55. The largest absolute Gasteiger partial charge is 0.504 e. The van der Waals surface area contributed by atoms with E-state index < -0.39 is 12.3 Å². The standard InChI is InChI=1S/C23H32N2O6/c1-15-14-19(21(29-4)22(30-5)20(15)27)31-23(16(2)26)25-12-10-24(11-13-25)17-8-6-7-9-18(17)28-3/h6-9,14,16,23,26-27H,10-13H2,1-5H3. The van der Waals surface area contributed by atoms with E-state index in [4.69, 9.17) is 18.9 Å². The van der Waals surface area contributed by atoms with Crippen LogP contribution < -0.4 is 23.8 Å².